The first-order valence-corrected chi connectivity index (χ1v) is 6.39. The molecule has 2 N–H and O–H groups in total. The van der Waals surface area contributed by atoms with Crippen molar-refractivity contribution in [3.63, 3.8) is 0 Å². The maximum Gasteiger partial charge on any atom is 0.233 e. The van der Waals surface area contributed by atoms with Crippen LogP contribution >= 0.6 is 11.6 Å². The molecular weight excluding hydrogens is 268 g/mol. The summed E-state index contributed by atoms with van der Waals surface area (Å²) >= 11 is 5.85. The van der Waals surface area contributed by atoms with Gasteiger partial charge in [-0.05, 0) is 31.0 Å². The summed E-state index contributed by atoms with van der Waals surface area (Å²) in [7, 11) is 1.50. The number of carbonyl (C=O) groups is 2. The molecule has 5 nitrogen and oxygen atoms in total. The van der Waals surface area contributed by atoms with E-state index in [1.807, 2.05) is 0 Å². The third kappa shape index (κ3) is 4.13. The van der Waals surface area contributed by atoms with Gasteiger partial charge in [0.2, 0.25) is 11.8 Å². The monoisotopic (exact) mass is 282 g/mol. The van der Waals surface area contributed by atoms with Crippen molar-refractivity contribution in [3.05, 3.63) is 23.2 Å². The SMILES string of the molecule is COc1ccc(Cl)cc1NC(=O)CC(=O)NC1CC1. The second-order valence-electron chi connectivity index (χ2n) is 4.41. The van der Waals surface area contributed by atoms with Gasteiger partial charge in [-0.15, -0.1) is 0 Å². The summed E-state index contributed by atoms with van der Waals surface area (Å²) in [6.45, 7) is 0. The van der Waals surface area contributed by atoms with Crippen LogP contribution in [0, 0.1) is 0 Å². The molecule has 0 heterocycles. The number of nitrogens with one attached hydrogen (secondary N) is 2. The van der Waals surface area contributed by atoms with Crippen molar-refractivity contribution in [2.75, 3.05) is 12.4 Å². The van der Waals surface area contributed by atoms with Crippen LogP contribution in [0.5, 0.6) is 5.75 Å². The lowest BCUT2D eigenvalue weighted by molar-refractivity contribution is -0.126. The van der Waals surface area contributed by atoms with Gasteiger partial charge in [-0.2, -0.15) is 0 Å². The average Bonchev–Trinajstić information content (AvgIpc) is 3.12. The predicted octanol–water partition coefficient (Wildman–Crippen LogP) is 1.96. The topological polar surface area (TPSA) is 67.4 Å². The van der Waals surface area contributed by atoms with E-state index in [9.17, 15) is 9.59 Å². The van der Waals surface area contributed by atoms with Gasteiger partial charge in [0, 0.05) is 11.1 Å². The molecule has 0 bridgehead atoms. The molecule has 102 valence electrons. The maximum atomic E-state index is 11.7. The number of rotatable bonds is 5. The number of methoxy groups -OCH3 is 1. The summed E-state index contributed by atoms with van der Waals surface area (Å²) in [6, 6.07) is 5.15. The number of hydrogen-bond acceptors (Lipinski definition) is 3. The van der Waals surface area contributed by atoms with E-state index >= 15 is 0 Å². The highest BCUT2D eigenvalue weighted by Crippen LogP contribution is 2.27. The van der Waals surface area contributed by atoms with Gasteiger partial charge in [-0.25, -0.2) is 0 Å². The third-order valence-corrected chi connectivity index (χ3v) is 2.93. The van der Waals surface area contributed by atoms with E-state index in [1.165, 1.54) is 7.11 Å². The lowest BCUT2D eigenvalue weighted by Gasteiger charge is -2.10. The highest BCUT2D eigenvalue weighted by atomic mass is 35.5. The second-order valence-corrected chi connectivity index (χ2v) is 4.85. The molecule has 2 amide bonds. The molecule has 1 aliphatic carbocycles. The molecule has 0 radical (unpaired) electrons. The fourth-order valence-corrected chi connectivity index (χ4v) is 1.80. The number of benzene rings is 1. The summed E-state index contributed by atoms with van der Waals surface area (Å²) in [5.74, 6) is -0.153. The number of ether oxygens (including phenoxy) is 1. The molecule has 1 aromatic rings. The molecular formula is C13H15ClN2O3. The fraction of sp³-hybridized carbons (Fsp3) is 0.385. The molecule has 0 unspecified atom stereocenters. The Hall–Kier alpha value is -1.75. The molecule has 1 saturated carbocycles. The smallest absolute Gasteiger partial charge is 0.233 e. The Morgan fingerprint density at radius 3 is 2.74 bits per heavy atom. The standard InChI is InChI=1S/C13H15ClN2O3/c1-19-11-5-2-8(14)6-10(11)16-13(18)7-12(17)15-9-3-4-9/h2,5-6,9H,3-4,7H2,1H3,(H,15,17)(H,16,18). The number of amides is 2. The quantitative estimate of drug-likeness (QED) is 0.811. The molecule has 0 aromatic heterocycles. The molecule has 2 rings (SSSR count). The highest BCUT2D eigenvalue weighted by Gasteiger charge is 2.24. The van der Waals surface area contributed by atoms with E-state index < -0.39 is 5.91 Å². The van der Waals surface area contributed by atoms with Gasteiger partial charge in [0.1, 0.15) is 12.2 Å². The van der Waals surface area contributed by atoms with Crippen molar-refractivity contribution in [3.8, 4) is 5.75 Å². The largest absolute Gasteiger partial charge is 0.495 e. The second kappa shape index (κ2) is 5.93. The molecule has 0 atom stereocenters. The van der Waals surface area contributed by atoms with Crippen LogP contribution < -0.4 is 15.4 Å². The van der Waals surface area contributed by atoms with Gasteiger partial charge in [0.15, 0.2) is 0 Å². The zero-order chi connectivity index (χ0) is 13.8. The van der Waals surface area contributed by atoms with Crippen molar-refractivity contribution >= 4 is 29.1 Å². The minimum atomic E-state index is -0.390. The Labute approximate surface area is 116 Å². The van der Waals surface area contributed by atoms with Crippen LogP contribution in [0.2, 0.25) is 5.02 Å². The molecule has 19 heavy (non-hydrogen) atoms. The molecule has 1 aliphatic rings. The van der Waals surface area contributed by atoms with Crippen LogP contribution in [0.3, 0.4) is 0 Å². The Morgan fingerprint density at radius 2 is 2.11 bits per heavy atom. The number of hydrogen-bond donors (Lipinski definition) is 2. The van der Waals surface area contributed by atoms with Crippen LogP contribution in [0.1, 0.15) is 19.3 Å². The van der Waals surface area contributed by atoms with Crippen molar-refractivity contribution < 1.29 is 14.3 Å². The van der Waals surface area contributed by atoms with E-state index in [0.29, 0.717) is 16.5 Å². The van der Waals surface area contributed by atoms with Gasteiger partial charge in [-0.1, -0.05) is 11.6 Å². The average molecular weight is 283 g/mol. The summed E-state index contributed by atoms with van der Waals surface area (Å²) < 4.78 is 5.11. The summed E-state index contributed by atoms with van der Waals surface area (Å²) in [4.78, 5) is 23.2. The summed E-state index contributed by atoms with van der Waals surface area (Å²) in [6.07, 6.45) is 1.79. The molecule has 1 fully saturated rings. The molecule has 1 aromatic carbocycles. The van der Waals surface area contributed by atoms with Gasteiger partial charge < -0.3 is 15.4 Å². The number of anilines is 1. The van der Waals surface area contributed by atoms with Crippen LogP contribution in [0.4, 0.5) is 5.69 Å². The maximum absolute atomic E-state index is 11.7. The first-order chi connectivity index (χ1) is 9.08. The van der Waals surface area contributed by atoms with E-state index in [4.69, 9.17) is 16.3 Å². The van der Waals surface area contributed by atoms with E-state index in [2.05, 4.69) is 10.6 Å². The molecule has 0 saturated heterocycles. The minimum Gasteiger partial charge on any atom is -0.495 e. The van der Waals surface area contributed by atoms with Gasteiger partial charge in [0.05, 0.1) is 12.8 Å². The van der Waals surface area contributed by atoms with Crippen LogP contribution in [-0.4, -0.2) is 25.0 Å². The van der Waals surface area contributed by atoms with Crippen molar-refractivity contribution in [1.29, 1.82) is 0 Å². The van der Waals surface area contributed by atoms with Gasteiger partial charge in [0.25, 0.3) is 0 Å². The third-order valence-electron chi connectivity index (χ3n) is 2.70. The zero-order valence-corrected chi connectivity index (χ0v) is 11.3. The summed E-state index contributed by atoms with van der Waals surface area (Å²) in [5.41, 5.74) is 0.458. The Morgan fingerprint density at radius 1 is 1.37 bits per heavy atom. The van der Waals surface area contributed by atoms with E-state index in [1.54, 1.807) is 18.2 Å². The normalized spacial score (nSPS) is 13.8. The first kappa shape index (κ1) is 13.7. The molecule has 0 aliphatic heterocycles. The zero-order valence-electron chi connectivity index (χ0n) is 10.5. The van der Waals surface area contributed by atoms with Crippen LogP contribution in [-0.2, 0) is 9.59 Å². The van der Waals surface area contributed by atoms with Gasteiger partial charge >= 0.3 is 0 Å². The van der Waals surface area contributed by atoms with Crippen LogP contribution in [0.25, 0.3) is 0 Å². The Kier molecular flexibility index (Phi) is 4.27. The minimum absolute atomic E-state index is 0.202. The number of carbonyl (C=O) groups excluding carboxylic acids is 2. The van der Waals surface area contributed by atoms with E-state index in [-0.39, 0.29) is 18.4 Å². The summed E-state index contributed by atoms with van der Waals surface area (Å²) in [5, 5.41) is 5.86. The van der Waals surface area contributed by atoms with Crippen molar-refractivity contribution in [2.45, 2.75) is 25.3 Å². The Bertz CT molecular complexity index is 501. The lowest BCUT2D eigenvalue weighted by atomic mass is 10.2. The van der Waals surface area contributed by atoms with Crippen molar-refractivity contribution in [1.82, 2.24) is 5.32 Å². The molecule has 0 spiro atoms. The fourth-order valence-electron chi connectivity index (χ4n) is 1.62. The first-order valence-electron chi connectivity index (χ1n) is 6.01. The lowest BCUT2D eigenvalue weighted by Crippen LogP contribution is -2.29. The Balaban J connectivity index is 1.93. The predicted molar refractivity (Wildman–Crippen MR) is 72.4 cm³/mol. The molecule has 6 heteroatoms. The van der Waals surface area contributed by atoms with Crippen molar-refractivity contribution in [2.24, 2.45) is 0 Å². The van der Waals surface area contributed by atoms with E-state index in [0.717, 1.165) is 12.8 Å². The number of halogens is 1. The van der Waals surface area contributed by atoms with Crippen LogP contribution in [0.15, 0.2) is 18.2 Å². The highest BCUT2D eigenvalue weighted by molar-refractivity contribution is 6.31. The van der Waals surface area contributed by atoms with Gasteiger partial charge in [-0.3, -0.25) is 9.59 Å².